The van der Waals surface area contributed by atoms with Crippen molar-refractivity contribution >= 4 is 11.4 Å². The number of aromatic nitrogens is 2. The summed E-state index contributed by atoms with van der Waals surface area (Å²) >= 11 is 0. The molecule has 1 aromatic heterocycles. The average Bonchev–Trinajstić information content (AvgIpc) is 2.07. The van der Waals surface area contributed by atoms with Gasteiger partial charge < -0.3 is 5.73 Å². The molecule has 3 heteroatoms. The van der Waals surface area contributed by atoms with Gasteiger partial charge in [0.25, 0.3) is 0 Å². The summed E-state index contributed by atoms with van der Waals surface area (Å²) in [4.78, 5) is 7.85. The van der Waals surface area contributed by atoms with Crippen molar-refractivity contribution in [3.63, 3.8) is 0 Å². The van der Waals surface area contributed by atoms with Crippen molar-refractivity contribution in [3.8, 4) is 0 Å². The lowest BCUT2D eigenvalue weighted by molar-refractivity contribution is 1.15. The summed E-state index contributed by atoms with van der Waals surface area (Å²) in [5.74, 6) is 0.473. The molecular formula is C9H11N3. The minimum absolute atomic E-state index is 0.473. The van der Waals surface area contributed by atoms with Crippen LogP contribution in [-0.4, -0.2) is 9.97 Å². The fraction of sp³-hybridized carbons (Fsp3) is 0.111. The fourth-order valence-electron chi connectivity index (χ4n) is 0.901. The molecule has 0 aliphatic carbocycles. The number of anilines is 1. The molecule has 3 nitrogen and oxygen atoms in total. The van der Waals surface area contributed by atoms with Gasteiger partial charge in [0.05, 0.1) is 5.69 Å². The van der Waals surface area contributed by atoms with E-state index in [1.54, 1.807) is 12.1 Å². The zero-order chi connectivity index (χ0) is 8.97. The van der Waals surface area contributed by atoms with Crippen molar-refractivity contribution in [3.05, 3.63) is 36.8 Å². The Morgan fingerprint density at radius 1 is 1.58 bits per heavy atom. The third-order valence-electron chi connectivity index (χ3n) is 1.51. The fourth-order valence-corrected chi connectivity index (χ4v) is 0.901. The van der Waals surface area contributed by atoms with Crippen LogP contribution in [0.5, 0.6) is 0 Å². The highest BCUT2D eigenvalue weighted by molar-refractivity contribution is 5.71. The van der Waals surface area contributed by atoms with E-state index in [1.807, 2.05) is 13.0 Å². The van der Waals surface area contributed by atoms with Crippen molar-refractivity contribution in [1.29, 1.82) is 0 Å². The third-order valence-corrected chi connectivity index (χ3v) is 1.51. The van der Waals surface area contributed by atoms with Gasteiger partial charge in [0.15, 0.2) is 0 Å². The predicted molar refractivity (Wildman–Crippen MR) is 50.3 cm³/mol. The van der Waals surface area contributed by atoms with E-state index in [4.69, 9.17) is 5.73 Å². The van der Waals surface area contributed by atoms with Crippen LogP contribution in [0, 0.1) is 0 Å². The largest absolute Gasteiger partial charge is 0.384 e. The first kappa shape index (κ1) is 8.46. The normalized spacial score (nSPS) is 11.2. The van der Waals surface area contributed by atoms with Crippen molar-refractivity contribution in [2.45, 2.75) is 6.92 Å². The molecule has 0 radical (unpaired) electrons. The summed E-state index contributed by atoms with van der Waals surface area (Å²) < 4.78 is 0. The van der Waals surface area contributed by atoms with Crippen LogP contribution in [0.2, 0.25) is 0 Å². The maximum atomic E-state index is 5.49. The summed E-state index contributed by atoms with van der Waals surface area (Å²) in [6.45, 7) is 5.59. The molecule has 0 fully saturated rings. The van der Waals surface area contributed by atoms with Crippen LogP contribution >= 0.6 is 0 Å². The van der Waals surface area contributed by atoms with Crippen molar-refractivity contribution in [1.82, 2.24) is 9.97 Å². The molecule has 1 rings (SSSR count). The lowest BCUT2D eigenvalue weighted by Crippen LogP contribution is -1.94. The second-order valence-electron chi connectivity index (χ2n) is 2.28. The molecule has 0 saturated heterocycles. The summed E-state index contributed by atoms with van der Waals surface area (Å²) in [5, 5.41) is 0. The van der Waals surface area contributed by atoms with E-state index >= 15 is 0 Å². The SMILES string of the molecule is C=C/C(=C\C)c1cc(N)ncn1. The minimum atomic E-state index is 0.473. The van der Waals surface area contributed by atoms with Gasteiger partial charge in [-0.05, 0) is 12.5 Å². The van der Waals surface area contributed by atoms with Crippen LogP contribution in [0.1, 0.15) is 12.6 Å². The van der Waals surface area contributed by atoms with Crippen molar-refractivity contribution < 1.29 is 0 Å². The zero-order valence-corrected chi connectivity index (χ0v) is 6.99. The minimum Gasteiger partial charge on any atom is -0.384 e. The number of nitrogens with zero attached hydrogens (tertiary/aromatic N) is 2. The Balaban J connectivity index is 3.10. The third kappa shape index (κ3) is 1.69. The lowest BCUT2D eigenvalue weighted by atomic mass is 10.2. The second kappa shape index (κ2) is 3.67. The van der Waals surface area contributed by atoms with Gasteiger partial charge >= 0.3 is 0 Å². The Labute approximate surface area is 71.7 Å². The van der Waals surface area contributed by atoms with Gasteiger partial charge in [-0.3, -0.25) is 0 Å². The van der Waals surface area contributed by atoms with E-state index in [0.717, 1.165) is 11.3 Å². The summed E-state index contributed by atoms with van der Waals surface area (Å²) in [6.07, 6.45) is 5.11. The molecular weight excluding hydrogens is 150 g/mol. The van der Waals surface area contributed by atoms with Crippen LogP contribution in [0.4, 0.5) is 5.82 Å². The standard InChI is InChI=1S/C9H11N3/c1-3-7(4-2)8-5-9(10)12-6-11-8/h3-6H,1H2,2H3,(H2,10,11,12)/b7-4+. The number of hydrogen-bond acceptors (Lipinski definition) is 3. The van der Waals surface area contributed by atoms with Gasteiger partial charge in [0.1, 0.15) is 12.1 Å². The van der Waals surface area contributed by atoms with Gasteiger partial charge in [0.2, 0.25) is 0 Å². The molecule has 0 bridgehead atoms. The van der Waals surface area contributed by atoms with E-state index in [1.165, 1.54) is 6.33 Å². The number of nitrogens with two attached hydrogens (primary N) is 1. The van der Waals surface area contributed by atoms with E-state index < -0.39 is 0 Å². The van der Waals surface area contributed by atoms with E-state index in [0.29, 0.717) is 5.82 Å². The number of allylic oxidation sites excluding steroid dienone is 3. The summed E-state index contributed by atoms with van der Waals surface area (Å²) in [5.41, 5.74) is 7.26. The van der Waals surface area contributed by atoms with Gasteiger partial charge in [-0.15, -0.1) is 0 Å². The monoisotopic (exact) mass is 161 g/mol. The summed E-state index contributed by atoms with van der Waals surface area (Å²) in [6, 6.07) is 1.72. The highest BCUT2D eigenvalue weighted by Gasteiger charge is 1.97. The first-order valence-corrected chi connectivity index (χ1v) is 3.64. The van der Waals surface area contributed by atoms with Crippen molar-refractivity contribution in [2.75, 3.05) is 5.73 Å². The Morgan fingerprint density at radius 3 is 2.83 bits per heavy atom. The van der Waals surface area contributed by atoms with Crippen LogP contribution in [0.3, 0.4) is 0 Å². The van der Waals surface area contributed by atoms with Gasteiger partial charge in [0, 0.05) is 6.07 Å². The van der Waals surface area contributed by atoms with E-state index in [9.17, 15) is 0 Å². The highest BCUT2D eigenvalue weighted by atomic mass is 14.9. The molecule has 0 unspecified atom stereocenters. The van der Waals surface area contributed by atoms with Crippen molar-refractivity contribution in [2.24, 2.45) is 0 Å². The summed E-state index contributed by atoms with van der Waals surface area (Å²) in [7, 11) is 0. The molecule has 12 heavy (non-hydrogen) atoms. The Bertz CT molecular complexity index is 315. The molecule has 2 N–H and O–H groups in total. The zero-order valence-electron chi connectivity index (χ0n) is 6.99. The highest BCUT2D eigenvalue weighted by Crippen LogP contribution is 2.12. The molecule has 0 aliphatic heterocycles. The maximum Gasteiger partial charge on any atom is 0.127 e. The number of nitrogen functional groups attached to an aromatic ring is 1. The van der Waals surface area contributed by atoms with Gasteiger partial charge in [-0.1, -0.05) is 18.7 Å². The predicted octanol–water partition coefficient (Wildman–Crippen LogP) is 1.65. The quantitative estimate of drug-likeness (QED) is 0.671. The van der Waals surface area contributed by atoms with Crippen LogP contribution in [-0.2, 0) is 0 Å². The van der Waals surface area contributed by atoms with E-state index in [-0.39, 0.29) is 0 Å². The smallest absolute Gasteiger partial charge is 0.127 e. The first-order valence-electron chi connectivity index (χ1n) is 3.64. The van der Waals surface area contributed by atoms with Crippen LogP contribution in [0.15, 0.2) is 31.1 Å². The average molecular weight is 161 g/mol. The first-order chi connectivity index (χ1) is 5.77. The molecule has 0 aliphatic rings. The molecule has 0 atom stereocenters. The molecule has 0 saturated carbocycles. The molecule has 1 aromatic rings. The Kier molecular flexibility index (Phi) is 2.58. The van der Waals surface area contributed by atoms with Crippen LogP contribution < -0.4 is 5.73 Å². The molecule has 0 aromatic carbocycles. The van der Waals surface area contributed by atoms with Crippen LogP contribution in [0.25, 0.3) is 5.57 Å². The maximum absolute atomic E-state index is 5.49. The molecule has 62 valence electrons. The van der Waals surface area contributed by atoms with Gasteiger partial charge in [-0.25, -0.2) is 9.97 Å². The number of rotatable bonds is 2. The van der Waals surface area contributed by atoms with E-state index in [2.05, 4.69) is 16.5 Å². The molecule has 1 heterocycles. The topological polar surface area (TPSA) is 51.8 Å². The van der Waals surface area contributed by atoms with Gasteiger partial charge in [-0.2, -0.15) is 0 Å². The molecule has 0 spiro atoms. The number of hydrogen-bond donors (Lipinski definition) is 1. The second-order valence-corrected chi connectivity index (χ2v) is 2.28. The Morgan fingerprint density at radius 2 is 2.33 bits per heavy atom. The lowest BCUT2D eigenvalue weighted by Gasteiger charge is -1.99. The molecule has 0 amide bonds. The Hall–Kier alpha value is -1.64.